The minimum absolute atomic E-state index is 0.0228. The third kappa shape index (κ3) is 1.31. The van der Waals surface area contributed by atoms with Gasteiger partial charge in [0.05, 0.1) is 19.3 Å². The molecule has 4 nitrogen and oxygen atoms in total. The monoisotopic (exact) mass is 190 g/mol. The van der Waals surface area contributed by atoms with Crippen LogP contribution >= 0.6 is 0 Å². The first kappa shape index (κ1) is 8.65. The van der Waals surface area contributed by atoms with Crippen LogP contribution in [0.1, 0.15) is 0 Å². The molecule has 0 radical (unpaired) electrons. The first-order valence-electron chi connectivity index (χ1n) is 4.20. The highest BCUT2D eigenvalue weighted by Gasteiger charge is 2.51. The minimum Gasteiger partial charge on any atom is -0.394 e. The van der Waals surface area contributed by atoms with Gasteiger partial charge in [-0.15, -0.1) is 0 Å². The summed E-state index contributed by atoms with van der Waals surface area (Å²) in [5, 5.41) is 8.94. The molecule has 0 spiro atoms. The number of ether oxygens (including phenoxy) is 1. The maximum atomic E-state index is 8.94. The highest BCUT2D eigenvalue weighted by atomic mass is 28.4. The Bertz CT molecular complexity index is 184. The Morgan fingerprint density at radius 2 is 2.17 bits per heavy atom. The second kappa shape index (κ2) is 2.78. The lowest BCUT2D eigenvalue weighted by Crippen LogP contribution is -2.34. The number of aliphatic hydroxyl groups is 1. The molecule has 2 fully saturated rings. The molecule has 0 aromatic heterocycles. The lowest BCUT2D eigenvalue weighted by atomic mass is 10.2. The molecule has 2 aliphatic heterocycles. The molecule has 0 aromatic rings. The van der Waals surface area contributed by atoms with Gasteiger partial charge in [0.2, 0.25) is 0 Å². The lowest BCUT2D eigenvalue weighted by Gasteiger charge is -2.17. The van der Waals surface area contributed by atoms with Gasteiger partial charge >= 0.3 is 8.56 Å². The Morgan fingerprint density at radius 3 is 2.83 bits per heavy atom. The van der Waals surface area contributed by atoms with Crippen LogP contribution in [0.25, 0.3) is 0 Å². The molecule has 0 amide bonds. The van der Waals surface area contributed by atoms with E-state index >= 15 is 0 Å². The number of hydrogen-bond acceptors (Lipinski definition) is 4. The second-order valence-electron chi connectivity index (χ2n) is 3.69. The molecule has 2 rings (SSSR count). The number of rotatable bonds is 1. The molecule has 0 aliphatic carbocycles. The molecule has 5 heteroatoms. The van der Waals surface area contributed by atoms with Crippen LogP contribution in [-0.2, 0) is 13.6 Å². The molecule has 0 aromatic carbocycles. The third-order valence-corrected chi connectivity index (χ3v) is 3.95. The highest BCUT2D eigenvalue weighted by Crippen LogP contribution is 2.32. The van der Waals surface area contributed by atoms with Crippen molar-refractivity contribution in [3.8, 4) is 0 Å². The Morgan fingerprint density at radius 1 is 1.42 bits per heavy atom. The van der Waals surface area contributed by atoms with Crippen LogP contribution in [0.2, 0.25) is 13.1 Å². The lowest BCUT2D eigenvalue weighted by molar-refractivity contribution is 0.00914. The van der Waals surface area contributed by atoms with Crippen molar-refractivity contribution in [1.29, 1.82) is 0 Å². The average molecular weight is 190 g/mol. The van der Waals surface area contributed by atoms with Crippen molar-refractivity contribution in [2.24, 2.45) is 0 Å². The molecule has 2 aliphatic rings. The van der Waals surface area contributed by atoms with Gasteiger partial charge < -0.3 is 18.7 Å². The molecular weight excluding hydrogens is 176 g/mol. The summed E-state index contributed by atoms with van der Waals surface area (Å²) in [6, 6.07) is 0. The van der Waals surface area contributed by atoms with E-state index in [2.05, 4.69) is 0 Å². The predicted molar refractivity (Wildman–Crippen MR) is 44.1 cm³/mol. The number of hydrogen-bond donors (Lipinski definition) is 1. The van der Waals surface area contributed by atoms with Crippen molar-refractivity contribution in [3.05, 3.63) is 0 Å². The van der Waals surface area contributed by atoms with Crippen molar-refractivity contribution in [2.75, 3.05) is 13.2 Å². The van der Waals surface area contributed by atoms with Crippen LogP contribution in [0.4, 0.5) is 0 Å². The number of fused-ring (bicyclic) bond motifs is 1. The zero-order valence-corrected chi connectivity index (χ0v) is 8.32. The topological polar surface area (TPSA) is 47.9 Å². The van der Waals surface area contributed by atoms with Crippen LogP contribution in [0.3, 0.4) is 0 Å². The second-order valence-corrected chi connectivity index (χ2v) is 6.96. The SMILES string of the molecule is C[Si]1(C)O[C@H]2[C@H](CO[C@@H]2CO)O1. The van der Waals surface area contributed by atoms with Gasteiger partial charge in [0.15, 0.2) is 0 Å². The van der Waals surface area contributed by atoms with Crippen molar-refractivity contribution in [2.45, 2.75) is 31.4 Å². The molecule has 3 atom stereocenters. The summed E-state index contributed by atoms with van der Waals surface area (Å²) >= 11 is 0. The van der Waals surface area contributed by atoms with Gasteiger partial charge in [-0.3, -0.25) is 0 Å². The molecule has 12 heavy (non-hydrogen) atoms. The van der Waals surface area contributed by atoms with E-state index in [0.29, 0.717) is 6.61 Å². The molecule has 70 valence electrons. The standard InChI is InChI=1S/C7H14O4Si/c1-12(2)10-6-4-9-5(3-8)7(6)11-12/h5-8H,3-4H2,1-2H3/t5-,6+,7-/m1/s1. The van der Waals surface area contributed by atoms with Crippen molar-refractivity contribution < 1.29 is 18.7 Å². The largest absolute Gasteiger partial charge is 0.394 e. The van der Waals surface area contributed by atoms with Gasteiger partial charge in [-0.2, -0.15) is 0 Å². The van der Waals surface area contributed by atoms with E-state index in [-0.39, 0.29) is 24.9 Å². The van der Waals surface area contributed by atoms with E-state index in [1.165, 1.54) is 0 Å². The van der Waals surface area contributed by atoms with E-state index in [1.54, 1.807) is 0 Å². The van der Waals surface area contributed by atoms with E-state index in [4.69, 9.17) is 18.7 Å². The smallest absolute Gasteiger partial charge is 0.332 e. The van der Waals surface area contributed by atoms with Gasteiger partial charge in [-0.05, 0) is 13.1 Å². The quantitative estimate of drug-likeness (QED) is 0.585. The Balaban J connectivity index is 2.06. The van der Waals surface area contributed by atoms with Gasteiger partial charge in [-0.25, -0.2) is 0 Å². The molecule has 0 bridgehead atoms. The maximum absolute atomic E-state index is 8.94. The summed E-state index contributed by atoms with van der Waals surface area (Å²) in [4.78, 5) is 0. The maximum Gasteiger partial charge on any atom is 0.332 e. The van der Waals surface area contributed by atoms with Gasteiger partial charge in [0.1, 0.15) is 12.2 Å². The number of aliphatic hydroxyl groups excluding tert-OH is 1. The normalized spacial score (nSPS) is 44.8. The highest BCUT2D eigenvalue weighted by molar-refractivity contribution is 6.65. The van der Waals surface area contributed by atoms with Crippen molar-refractivity contribution >= 4 is 8.56 Å². The Kier molecular flexibility index (Phi) is 2.00. The summed E-state index contributed by atoms with van der Waals surface area (Å²) in [6.45, 7) is 4.61. The molecule has 2 heterocycles. The Hall–Kier alpha value is 0.0569. The molecule has 0 saturated carbocycles. The molecule has 1 N–H and O–H groups in total. The van der Waals surface area contributed by atoms with E-state index in [9.17, 15) is 0 Å². The van der Waals surface area contributed by atoms with Crippen LogP contribution in [0.15, 0.2) is 0 Å². The minimum atomic E-state index is -1.89. The fraction of sp³-hybridized carbons (Fsp3) is 1.00. The first-order valence-corrected chi connectivity index (χ1v) is 7.02. The zero-order valence-electron chi connectivity index (χ0n) is 7.32. The van der Waals surface area contributed by atoms with Crippen LogP contribution in [0.5, 0.6) is 0 Å². The van der Waals surface area contributed by atoms with Crippen LogP contribution in [0, 0.1) is 0 Å². The molecule has 2 saturated heterocycles. The van der Waals surface area contributed by atoms with Crippen molar-refractivity contribution in [3.63, 3.8) is 0 Å². The van der Waals surface area contributed by atoms with Gasteiger partial charge in [-0.1, -0.05) is 0 Å². The third-order valence-electron chi connectivity index (χ3n) is 2.24. The fourth-order valence-electron chi connectivity index (χ4n) is 1.78. The average Bonchev–Trinajstić information content (AvgIpc) is 2.42. The first-order chi connectivity index (χ1) is 5.62. The summed E-state index contributed by atoms with van der Waals surface area (Å²) in [6.07, 6.45) is -0.148. The summed E-state index contributed by atoms with van der Waals surface area (Å²) in [5.41, 5.74) is 0. The van der Waals surface area contributed by atoms with E-state index in [0.717, 1.165) is 0 Å². The van der Waals surface area contributed by atoms with E-state index < -0.39 is 8.56 Å². The van der Waals surface area contributed by atoms with E-state index in [1.807, 2.05) is 13.1 Å². The van der Waals surface area contributed by atoms with Crippen molar-refractivity contribution in [1.82, 2.24) is 0 Å². The fourth-order valence-corrected chi connectivity index (χ4v) is 3.72. The predicted octanol–water partition coefficient (Wildman–Crippen LogP) is -0.137. The summed E-state index contributed by atoms with van der Waals surface area (Å²) in [5.74, 6) is 0. The zero-order chi connectivity index (χ0) is 8.77. The summed E-state index contributed by atoms with van der Waals surface area (Å²) < 4.78 is 16.7. The molecule has 0 unspecified atom stereocenters. The van der Waals surface area contributed by atoms with Gasteiger partial charge in [0, 0.05) is 0 Å². The molecular formula is C7H14O4Si. The van der Waals surface area contributed by atoms with Crippen LogP contribution in [-0.4, -0.2) is 45.2 Å². The summed E-state index contributed by atoms with van der Waals surface area (Å²) in [7, 11) is -1.89. The van der Waals surface area contributed by atoms with Crippen LogP contribution < -0.4 is 0 Å². The Labute approximate surface area is 72.7 Å². The van der Waals surface area contributed by atoms with Gasteiger partial charge in [0.25, 0.3) is 0 Å².